The molecule has 1 atom stereocenters. The quantitative estimate of drug-likeness (QED) is 0.634. The van der Waals surface area contributed by atoms with Crippen LogP contribution in [0.1, 0.15) is 27.2 Å². The second kappa shape index (κ2) is 8.47. The third kappa shape index (κ3) is 4.91. The summed E-state index contributed by atoms with van der Waals surface area (Å²) >= 11 is 1.36. The highest BCUT2D eigenvalue weighted by molar-refractivity contribution is 7.14. The molecule has 0 spiro atoms. The Morgan fingerprint density at radius 1 is 1.13 bits per heavy atom. The maximum absolute atomic E-state index is 12.7. The van der Waals surface area contributed by atoms with Gasteiger partial charge in [-0.2, -0.15) is 0 Å². The molecule has 8 heteroatoms. The lowest BCUT2D eigenvalue weighted by Gasteiger charge is -2.39. The maximum atomic E-state index is 12.7. The Hall–Kier alpha value is -3.26. The van der Waals surface area contributed by atoms with E-state index < -0.39 is 17.7 Å². The second-order valence-electron chi connectivity index (χ2n) is 8.32. The molecule has 3 heterocycles. The van der Waals surface area contributed by atoms with Gasteiger partial charge in [0.1, 0.15) is 11.6 Å². The monoisotopic (exact) mass is 436 g/mol. The Labute approximate surface area is 185 Å². The molecule has 2 aromatic heterocycles. The van der Waals surface area contributed by atoms with Crippen LogP contribution in [-0.4, -0.2) is 45.1 Å². The Morgan fingerprint density at radius 2 is 1.87 bits per heavy atom. The zero-order valence-electron chi connectivity index (χ0n) is 17.7. The molecule has 0 aliphatic carbocycles. The van der Waals surface area contributed by atoms with Crippen molar-refractivity contribution in [2.24, 2.45) is 0 Å². The first-order valence-electron chi connectivity index (χ1n) is 10.1. The van der Waals surface area contributed by atoms with Crippen molar-refractivity contribution in [1.82, 2.24) is 14.9 Å². The number of benzene rings is 1. The predicted molar refractivity (Wildman–Crippen MR) is 121 cm³/mol. The highest BCUT2D eigenvalue weighted by atomic mass is 32.1. The average Bonchev–Trinajstić information content (AvgIpc) is 3.15. The normalized spacial score (nSPS) is 15.8. The number of amides is 2. The van der Waals surface area contributed by atoms with Crippen LogP contribution in [0.2, 0.25) is 0 Å². The maximum Gasteiger partial charge on any atom is 0.410 e. The van der Waals surface area contributed by atoms with Crippen LogP contribution in [0.4, 0.5) is 9.93 Å². The van der Waals surface area contributed by atoms with Crippen LogP contribution in [0.25, 0.3) is 22.4 Å². The minimum Gasteiger partial charge on any atom is -0.444 e. The van der Waals surface area contributed by atoms with Crippen molar-refractivity contribution in [3.8, 4) is 22.4 Å². The van der Waals surface area contributed by atoms with Crippen LogP contribution in [0.3, 0.4) is 0 Å². The van der Waals surface area contributed by atoms with Gasteiger partial charge in [-0.1, -0.05) is 18.2 Å². The lowest BCUT2D eigenvalue weighted by molar-refractivity contribution is -0.125. The summed E-state index contributed by atoms with van der Waals surface area (Å²) in [7, 11) is 0. The molecule has 4 rings (SSSR count). The van der Waals surface area contributed by atoms with Crippen LogP contribution in [0.5, 0.6) is 0 Å². The standard InChI is InChI=1S/C23H24N4O3S/c1-23(2,3)30-22(29)27-12-9-19(27)20(28)26-21-25-18(14-31-21)17-6-4-5-16(13-17)15-7-10-24-11-8-15/h4-8,10-11,13-14,19H,9,12H2,1-3H3,(H,25,26,28)/t19-/m0/s1. The first-order chi connectivity index (χ1) is 14.8. The molecular formula is C23H24N4O3S. The van der Waals surface area contributed by atoms with Gasteiger partial charge in [-0.05, 0) is 56.5 Å². The van der Waals surface area contributed by atoms with Crippen molar-refractivity contribution in [2.75, 3.05) is 11.9 Å². The molecule has 7 nitrogen and oxygen atoms in total. The first-order valence-corrected chi connectivity index (χ1v) is 10.9. The van der Waals surface area contributed by atoms with Crippen LogP contribution in [0.15, 0.2) is 54.2 Å². The molecular weight excluding hydrogens is 412 g/mol. The van der Waals surface area contributed by atoms with Crippen molar-refractivity contribution >= 4 is 28.5 Å². The Morgan fingerprint density at radius 3 is 2.55 bits per heavy atom. The number of likely N-dealkylation sites (tertiary alicyclic amines) is 1. The number of nitrogens with zero attached hydrogens (tertiary/aromatic N) is 3. The number of hydrogen-bond acceptors (Lipinski definition) is 6. The van der Waals surface area contributed by atoms with Crippen LogP contribution in [-0.2, 0) is 9.53 Å². The molecule has 0 bridgehead atoms. The van der Waals surface area contributed by atoms with E-state index in [0.717, 1.165) is 22.4 Å². The summed E-state index contributed by atoms with van der Waals surface area (Å²) in [5.74, 6) is -0.247. The fourth-order valence-electron chi connectivity index (χ4n) is 3.25. The minimum absolute atomic E-state index is 0.247. The molecule has 0 unspecified atom stereocenters. The number of carbonyl (C=O) groups is 2. The van der Waals surface area contributed by atoms with Crippen LogP contribution < -0.4 is 5.32 Å². The van der Waals surface area contributed by atoms with Gasteiger partial charge in [-0.15, -0.1) is 11.3 Å². The van der Waals surface area contributed by atoms with Gasteiger partial charge in [-0.3, -0.25) is 14.7 Å². The van der Waals surface area contributed by atoms with E-state index in [9.17, 15) is 9.59 Å². The van der Waals surface area contributed by atoms with Gasteiger partial charge in [0.2, 0.25) is 5.91 Å². The second-order valence-corrected chi connectivity index (χ2v) is 9.18. The smallest absolute Gasteiger partial charge is 0.410 e. The topological polar surface area (TPSA) is 84.4 Å². The number of hydrogen-bond donors (Lipinski definition) is 1. The van der Waals surface area contributed by atoms with Crippen molar-refractivity contribution in [1.29, 1.82) is 0 Å². The van der Waals surface area contributed by atoms with Gasteiger partial charge in [-0.25, -0.2) is 9.78 Å². The molecule has 2 amide bonds. The van der Waals surface area contributed by atoms with E-state index >= 15 is 0 Å². The number of pyridine rings is 1. The van der Waals surface area contributed by atoms with Crippen LogP contribution >= 0.6 is 11.3 Å². The number of rotatable bonds is 4. The number of thiazole rings is 1. The molecule has 0 radical (unpaired) electrons. The molecule has 0 saturated carbocycles. The van der Waals surface area contributed by atoms with Gasteiger partial charge in [0.05, 0.1) is 5.69 Å². The highest BCUT2D eigenvalue weighted by Gasteiger charge is 2.40. The number of anilines is 1. The van der Waals surface area contributed by atoms with Crippen LogP contribution in [0, 0.1) is 0 Å². The molecule has 1 aliphatic rings. The molecule has 31 heavy (non-hydrogen) atoms. The summed E-state index contributed by atoms with van der Waals surface area (Å²) < 4.78 is 5.37. The summed E-state index contributed by atoms with van der Waals surface area (Å²) in [6, 6.07) is 11.5. The molecule has 1 aromatic carbocycles. The average molecular weight is 437 g/mol. The van der Waals surface area contributed by atoms with Crippen molar-refractivity contribution in [3.05, 3.63) is 54.2 Å². The van der Waals surface area contributed by atoms with E-state index in [4.69, 9.17) is 4.74 Å². The summed E-state index contributed by atoms with van der Waals surface area (Å²) in [5, 5.41) is 5.25. The largest absolute Gasteiger partial charge is 0.444 e. The van der Waals surface area contributed by atoms with Gasteiger partial charge >= 0.3 is 6.09 Å². The van der Waals surface area contributed by atoms with E-state index in [-0.39, 0.29) is 5.91 Å². The van der Waals surface area contributed by atoms with E-state index in [1.807, 2.05) is 35.7 Å². The molecule has 1 saturated heterocycles. The van der Waals surface area contributed by atoms with E-state index in [1.54, 1.807) is 33.2 Å². The molecule has 1 aliphatic heterocycles. The first kappa shape index (κ1) is 21.0. The predicted octanol–water partition coefficient (Wildman–Crippen LogP) is 4.82. The number of carbonyl (C=O) groups excluding carboxylic acids is 2. The Bertz CT molecular complexity index is 1090. The number of ether oxygens (including phenoxy) is 1. The third-order valence-electron chi connectivity index (χ3n) is 4.86. The van der Waals surface area contributed by atoms with Gasteiger partial charge in [0, 0.05) is 29.9 Å². The minimum atomic E-state index is -0.595. The summed E-state index contributed by atoms with van der Waals surface area (Å²) in [6.45, 7) is 5.93. The zero-order valence-corrected chi connectivity index (χ0v) is 18.5. The van der Waals surface area contributed by atoms with Crippen molar-refractivity contribution in [2.45, 2.75) is 38.8 Å². The highest BCUT2D eigenvalue weighted by Crippen LogP contribution is 2.29. The zero-order chi connectivity index (χ0) is 22.0. The number of aromatic nitrogens is 2. The Kier molecular flexibility index (Phi) is 5.73. The van der Waals surface area contributed by atoms with E-state index in [0.29, 0.717) is 18.1 Å². The summed E-state index contributed by atoms with van der Waals surface area (Å²) in [6.07, 6.45) is 3.67. The molecule has 160 valence electrons. The van der Waals surface area contributed by atoms with Gasteiger partial charge in [0.25, 0.3) is 0 Å². The number of nitrogens with one attached hydrogen (secondary N) is 1. The lowest BCUT2D eigenvalue weighted by atomic mass is 10.0. The third-order valence-corrected chi connectivity index (χ3v) is 5.61. The SMILES string of the molecule is CC(C)(C)OC(=O)N1CC[C@H]1C(=O)Nc1nc(-c2cccc(-c3ccncc3)c2)cs1. The van der Waals surface area contributed by atoms with Gasteiger partial charge in [0.15, 0.2) is 5.13 Å². The van der Waals surface area contributed by atoms with E-state index in [1.165, 1.54) is 16.2 Å². The van der Waals surface area contributed by atoms with Crippen molar-refractivity contribution < 1.29 is 14.3 Å². The van der Waals surface area contributed by atoms with Crippen molar-refractivity contribution in [3.63, 3.8) is 0 Å². The fraction of sp³-hybridized carbons (Fsp3) is 0.304. The lowest BCUT2D eigenvalue weighted by Crippen LogP contribution is -2.57. The van der Waals surface area contributed by atoms with E-state index in [2.05, 4.69) is 21.4 Å². The Balaban J connectivity index is 1.43. The molecule has 1 N–H and O–H groups in total. The summed E-state index contributed by atoms with van der Waals surface area (Å²) in [5.41, 5.74) is 3.30. The summed E-state index contributed by atoms with van der Waals surface area (Å²) in [4.78, 5) is 35.0. The fourth-order valence-corrected chi connectivity index (χ4v) is 3.98. The van der Waals surface area contributed by atoms with Gasteiger partial charge < -0.3 is 10.1 Å². The molecule has 3 aromatic rings. The molecule has 1 fully saturated rings.